The van der Waals surface area contributed by atoms with Crippen molar-refractivity contribution >= 4 is 52.1 Å². The van der Waals surface area contributed by atoms with Crippen LogP contribution in [0.2, 0.25) is 5.02 Å². The average Bonchev–Trinajstić information content (AvgIpc) is 3.08. The van der Waals surface area contributed by atoms with E-state index in [1.165, 1.54) is 3.57 Å². The van der Waals surface area contributed by atoms with Crippen molar-refractivity contribution < 1.29 is 14.3 Å². The number of benzene rings is 3. The second kappa shape index (κ2) is 8.80. The van der Waals surface area contributed by atoms with Gasteiger partial charge in [0.1, 0.15) is 12.4 Å². The Morgan fingerprint density at radius 3 is 2.62 bits per heavy atom. The van der Waals surface area contributed by atoms with Gasteiger partial charge in [0.2, 0.25) is 5.90 Å². The molecule has 0 spiro atoms. The van der Waals surface area contributed by atoms with Gasteiger partial charge in [0, 0.05) is 3.57 Å². The summed E-state index contributed by atoms with van der Waals surface area (Å²) in [5.74, 6) is 0.405. The molecule has 1 aliphatic heterocycles. The van der Waals surface area contributed by atoms with E-state index < -0.39 is 5.97 Å². The second-order valence-corrected chi connectivity index (χ2v) is 7.96. The number of carbonyl (C=O) groups excluding carboxylic acids is 1. The van der Waals surface area contributed by atoms with Crippen molar-refractivity contribution in [2.75, 3.05) is 0 Å². The molecule has 0 radical (unpaired) electrons. The van der Waals surface area contributed by atoms with Gasteiger partial charge >= 0.3 is 5.97 Å². The number of hydrogen-bond acceptors (Lipinski definition) is 4. The molecular weight excluding hydrogens is 501 g/mol. The first-order valence-corrected chi connectivity index (χ1v) is 10.3. The third kappa shape index (κ3) is 4.86. The number of cyclic esters (lactones) is 1. The predicted molar refractivity (Wildman–Crippen MR) is 122 cm³/mol. The van der Waals surface area contributed by atoms with Gasteiger partial charge in [0.15, 0.2) is 5.70 Å². The fourth-order valence-corrected chi connectivity index (χ4v) is 3.33. The summed E-state index contributed by atoms with van der Waals surface area (Å²) in [6, 6.07) is 22.7. The lowest BCUT2D eigenvalue weighted by atomic mass is 10.2. The van der Waals surface area contributed by atoms with E-state index in [0.29, 0.717) is 22.9 Å². The second-order valence-electron chi connectivity index (χ2n) is 6.30. The lowest BCUT2D eigenvalue weighted by molar-refractivity contribution is -0.129. The normalized spacial score (nSPS) is 14.6. The van der Waals surface area contributed by atoms with Gasteiger partial charge in [0.05, 0.1) is 10.6 Å². The minimum atomic E-state index is -0.509. The highest BCUT2D eigenvalue weighted by atomic mass is 127. The van der Waals surface area contributed by atoms with E-state index in [-0.39, 0.29) is 11.6 Å². The number of hydrogen-bond donors (Lipinski definition) is 0. The van der Waals surface area contributed by atoms with E-state index in [1.807, 2.05) is 60.7 Å². The van der Waals surface area contributed by atoms with Crippen LogP contribution in [0.15, 0.2) is 83.5 Å². The molecular formula is C23H15ClINO3. The Labute approximate surface area is 187 Å². The SMILES string of the molecule is O=C1OC(c2ccccc2Cl)=N/C1=C\c1cccc(OCc2ccc(I)cc2)c1. The van der Waals surface area contributed by atoms with Gasteiger partial charge < -0.3 is 9.47 Å². The molecule has 0 amide bonds. The topological polar surface area (TPSA) is 47.9 Å². The Morgan fingerprint density at radius 2 is 1.83 bits per heavy atom. The van der Waals surface area contributed by atoms with Crippen LogP contribution >= 0.6 is 34.2 Å². The zero-order valence-corrected chi connectivity index (χ0v) is 18.1. The Kier molecular flexibility index (Phi) is 5.97. The fraction of sp³-hybridized carbons (Fsp3) is 0.0435. The highest BCUT2D eigenvalue weighted by Gasteiger charge is 2.25. The van der Waals surface area contributed by atoms with Crippen molar-refractivity contribution in [1.82, 2.24) is 0 Å². The molecule has 3 aromatic carbocycles. The first-order chi connectivity index (χ1) is 14.1. The van der Waals surface area contributed by atoms with E-state index in [2.05, 4.69) is 27.6 Å². The Balaban J connectivity index is 1.52. The zero-order valence-electron chi connectivity index (χ0n) is 15.1. The molecule has 4 nitrogen and oxygen atoms in total. The predicted octanol–water partition coefficient (Wildman–Crippen LogP) is 5.87. The van der Waals surface area contributed by atoms with Crippen molar-refractivity contribution in [1.29, 1.82) is 0 Å². The molecule has 6 heteroatoms. The molecule has 0 fully saturated rings. The van der Waals surface area contributed by atoms with Gasteiger partial charge in [-0.05, 0) is 76.2 Å². The van der Waals surface area contributed by atoms with Crippen LogP contribution in [-0.4, -0.2) is 11.9 Å². The van der Waals surface area contributed by atoms with Crippen LogP contribution in [0, 0.1) is 3.57 Å². The number of halogens is 2. The monoisotopic (exact) mass is 515 g/mol. The summed E-state index contributed by atoms with van der Waals surface area (Å²) < 4.78 is 12.3. The Morgan fingerprint density at radius 1 is 1.03 bits per heavy atom. The lowest BCUT2D eigenvalue weighted by Gasteiger charge is -2.07. The van der Waals surface area contributed by atoms with Crippen molar-refractivity contribution in [3.8, 4) is 5.75 Å². The minimum absolute atomic E-state index is 0.206. The number of ether oxygens (including phenoxy) is 2. The molecule has 0 aromatic heterocycles. The lowest BCUT2D eigenvalue weighted by Crippen LogP contribution is -2.05. The maximum atomic E-state index is 12.2. The van der Waals surface area contributed by atoms with Crippen LogP contribution in [0.4, 0.5) is 0 Å². The summed E-state index contributed by atoms with van der Waals surface area (Å²) in [7, 11) is 0. The van der Waals surface area contributed by atoms with Crippen LogP contribution in [0.25, 0.3) is 6.08 Å². The van der Waals surface area contributed by atoms with E-state index in [4.69, 9.17) is 21.1 Å². The molecule has 29 heavy (non-hydrogen) atoms. The molecule has 0 saturated heterocycles. The molecule has 0 bridgehead atoms. The van der Waals surface area contributed by atoms with Gasteiger partial charge in [0.25, 0.3) is 0 Å². The van der Waals surface area contributed by atoms with Crippen LogP contribution in [-0.2, 0) is 16.1 Å². The largest absolute Gasteiger partial charge is 0.489 e. The van der Waals surface area contributed by atoms with Gasteiger partial charge in [-0.2, -0.15) is 0 Å². The van der Waals surface area contributed by atoms with E-state index >= 15 is 0 Å². The molecule has 0 saturated carbocycles. The van der Waals surface area contributed by atoms with E-state index in [9.17, 15) is 4.79 Å². The molecule has 0 unspecified atom stereocenters. The van der Waals surface area contributed by atoms with Gasteiger partial charge in [-0.3, -0.25) is 0 Å². The summed E-state index contributed by atoms with van der Waals surface area (Å²) in [5, 5.41) is 0.478. The number of aliphatic imine (C=N–C) groups is 1. The quantitative estimate of drug-likeness (QED) is 0.243. The third-order valence-electron chi connectivity index (χ3n) is 4.21. The Hall–Kier alpha value is -2.64. The van der Waals surface area contributed by atoms with Crippen LogP contribution in [0.5, 0.6) is 5.75 Å². The number of rotatable bonds is 5. The number of esters is 1. The molecule has 0 N–H and O–H groups in total. The molecule has 0 atom stereocenters. The summed E-state index contributed by atoms with van der Waals surface area (Å²) >= 11 is 8.44. The minimum Gasteiger partial charge on any atom is -0.489 e. The molecule has 3 aromatic rings. The van der Waals surface area contributed by atoms with Crippen LogP contribution in [0.1, 0.15) is 16.7 Å². The first-order valence-electron chi connectivity index (χ1n) is 8.83. The van der Waals surface area contributed by atoms with Crippen molar-refractivity contribution in [3.63, 3.8) is 0 Å². The first kappa shape index (κ1) is 19.7. The summed E-state index contributed by atoms with van der Waals surface area (Å²) in [6.07, 6.45) is 1.67. The van der Waals surface area contributed by atoms with Gasteiger partial charge in [-0.15, -0.1) is 0 Å². The number of nitrogens with zero attached hydrogens (tertiary/aromatic N) is 1. The van der Waals surface area contributed by atoms with Gasteiger partial charge in [-0.25, -0.2) is 9.79 Å². The Bertz CT molecular complexity index is 1120. The van der Waals surface area contributed by atoms with Crippen molar-refractivity contribution in [2.45, 2.75) is 6.61 Å². The summed E-state index contributed by atoms with van der Waals surface area (Å²) in [4.78, 5) is 16.5. The summed E-state index contributed by atoms with van der Waals surface area (Å²) in [5.41, 5.74) is 2.68. The van der Waals surface area contributed by atoms with E-state index in [0.717, 1.165) is 11.1 Å². The molecule has 1 aliphatic rings. The molecule has 0 aliphatic carbocycles. The maximum absolute atomic E-state index is 12.2. The summed E-state index contributed by atoms with van der Waals surface area (Å²) in [6.45, 7) is 0.466. The standard InChI is InChI=1S/C23H15ClINO3/c24-20-7-2-1-6-19(20)22-26-21(23(27)29-22)13-16-4-3-5-18(12-16)28-14-15-8-10-17(25)11-9-15/h1-13H,14H2/b21-13-. The van der Waals surface area contributed by atoms with E-state index in [1.54, 1.807) is 18.2 Å². The molecule has 144 valence electrons. The highest BCUT2D eigenvalue weighted by Crippen LogP contribution is 2.24. The van der Waals surface area contributed by atoms with Crippen molar-refractivity contribution in [2.24, 2.45) is 4.99 Å². The molecule has 1 heterocycles. The highest BCUT2D eigenvalue weighted by molar-refractivity contribution is 14.1. The maximum Gasteiger partial charge on any atom is 0.363 e. The smallest absolute Gasteiger partial charge is 0.363 e. The average molecular weight is 516 g/mol. The zero-order chi connectivity index (χ0) is 20.2. The molecule has 4 rings (SSSR count). The van der Waals surface area contributed by atoms with Crippen LogP contribution in [0.3, 0.4) is 0 Å². The fourth-order valence-electron chi connectivity index (χ4n) is 2.76. The van der Waals surface area contributed by atoms with Crippen LogP contribution < -0.4 is 4.74 Å². The third-order valence-corrected chi connectivity index (χ3v) is 5.25. The number of carbonyl (C=O) groups is 1. The van der Waals surface area contributed by atoms with Gasteiger partial charge in [-0.1, -0.05) is 48.0 Å². The van der Waals surface area contributed by atoms with Crippen molar-refractivity contribution in [3.05, 3.63) is 104 Å².